The highest BCUT2D eigenvalue weighted by Gasteiger charge is 2.38. The number of carbonyl (C=O) groups excluding carboxylic acids is 2. The zero-order valence-corrected chi connectivity index (χ0v) is 14.7. The number of hydrogen-bond acceptors (Lipinski definition) is 2. The third kappa shape index (κ3) is 3.59. The Morgan fingerprint density at radius 3 is 2.43 bits per heavy atom. The van der Waals surface area contributed by atoms with Gasteiger partial charge in [0.25, 0.3) is 0 Å². The monoisotopic (exact) mass is 374 g/mol. The molecule has 0 aromatic heterocycles. The minimum Gasteiger partial charge on any atom is -0.339 e. The van der Waals surface area contributed by atoms with Crippen LogP contribution in [-0.2, 0) is 9.59 Å². The summed E-state index contributed by atoms with van der Waals surface area (Å²) in [6.07, 6.45) is 4.65. The molecule has 7 heteroatoms. The van der Waals surface area contributed by atoms with Crippen molar-refractivity contribution >= 4 is 52.3 Å². The summed E-state index contributed by atoms with van der Waals surface area (Å²) < 4.78 is 0. The summed E-state index contributed by atoms with van der Waals surface area (Å²) in [6, 6.07) is 3.32. The van der Waals surface area contributed by atoms with Gasteiger partial charge in [-0.2, -0.15) is 0 Å². The van der Waals surface area contributed by atoms with Crippen LogP contribution in [0.15, 0.2) is 12.1 Å². The SMILES string of the molecule is O=C(Nc1cc(Cl)c(Cl)cc1Cl)[C@@H]1CC(=O)N(C2CCCC2)C1. The maximum atomic E-state index is 12.4. The van der Waals surface area contributed by atoms with Crippen molar-refractivity contribution in [3.05, 3.63) is 27.2 Å². The Morgan fingerprint density at radius 2 is 1.74 bits per heavy atom. The summed E-state index contributed by atoms with van der Waals surface area (Å²) >= 11 is 17.9. The maximum Gasteiger partial charge on any atom is 0.229 e. The molecule has 3 rings (SSSR count). The lowest BCUT2D eigenvalue weighted by atomic mass is 10.1. The maximum absolute atomic E-state index is 12.4. The average Bonchev–Trinajstić information content (AvgIpc) is 3.13. The van der Waals surface area contributed by atoms with E-state index < -0.39 is 0 Å². The van der Waals surface area contributed by atoms with E-state index in [4.69, 9.17) is 34.8 Å². The molecule has 1 aromatic carbocycles. The van der Waals surface area contributed by atoms with E-state index in [0.29, 0.717) is 33.3 Å². The average molecular weight is 376 g/mol. The second-order valence-electron chi connectivity index (χ2n) is 6.12. The fourth-order valence-corrected chi connectivity index (χ4v) is 3.92. The van der Waals surface area contributed by atoms with E-state index in [1.54, 1.807) is 0 Å². The van der Waals surface area contributed by atoms with E-state index in [9.17, 15) is 9.59 Å². The molecule has 124 valence electrons. The van der Waals surface area contributed by atoms with Crippen LogP contribution < -0.4 is 5.32 Å². The number of carbonyl (C=O) groups is 2. The minimum atomic E-state index is -0.353. The highest BCUT2D eigenvalue weighted by atomic mass is 35.5. The molecule has 2 aliphatic rings. The normalized spacial score (nSPS) is 22.0. The van der Waals surface area contributed by atoms with E-state index in [1.165, 1.54) is 12.1 Å². The molecule has 0 unspecified atom stereocenters. The Balaban J connectivity index is 1.67. The summed E-state index contributed by atoms with van der Waals surface area (Å²) in [5.74, 6) is -0.495. The molecule has 4 nitrogen and oxygen atoms in total. The van der Waals surface area contributed by atoms with Crippen LogP contribution in [-0.4, -0.2) is 29.3 Å². The number of likely N-dealkylation sites (tertiary alicyclic amines) is 1. The molecule has 1 atom stereocenters. The number of nitrogens with zero attached hydrogens (tertiary/aromatic N) is 1. The number of amides is 2. The fourth-order valence-electron chi connectivity index (χ4n) is 3.33. The van der Waals surface area contributed by atoms with Crippen LogP contribution in [0.4, 0.5) is 5.69 Å². The lowest BCUT2D eigenvalue weighted by molar-refractivity contribution is -0.129. The molecule has 23 heavy (non-hydrogen) atoms. The number of rotatable bonds is 3. The van der Waals surface area contributed by atoms with Crippen molar-refractivity contribution in [3.63, 3.8) is 0 Å². The highest BCUT2D eigenvalue weighted by Crippen LogP contribution is 2.34. The molecule has 2 fully saturated rings. The van der Waals surface area contributed by atoms with Crippen molar-refractivity contribution in [3.8, 4) is 0 Å². The van der Waals surface area contributed by atoms with Crippen LogP contribution in [0.25, 0.3) is 0 Å². The van der Waals surface area contributed by atoms with Crippen molar-refractivity contribution < 1.29 is 9.59 Å². The van der Waals surface area contributed by atoms with Gasteiger partial charge >= 0.3 is 0 Å². The zero-order valence-electron chi connectivity index (χ0n) is 12.4. The Labute approximate surface area is 150 Å². The molecule has 0 spiro atoms. The van der Waals surface area contributed by atoms with E-state index in [-0.39, 0.29) is 24.2 Å². The predicted octanol–water partition coefficient (Wildman–Crippen LogP) is 4.38. The van der Waals surface area contributed by atoms with Crippen LogP contribution in [0.3, 0.4) is 0 Å². The highest BCUT2D eigenvalue weighted by molar-refractivity contribution is 6.44. The molecule has 0 bridgehead atoms. The molecule has 1 aliphatic heterocycles. The van der Waals surface area contributed by atoms with Gasteiger partial charge in [0, 0.05) is 19.0 Å². The molecule has 1 aliphatic carbocycles. The van der Waals surface area contributed by atoms with Crippen molar-refractivity contribution in [2.24, 2.45) is 5.92 Å². The molecule has 1 N–H and O–H groups in total. The fraction of sp³-hybridized carbons (Fsp3) is 0.500. The summed E-state index contributed by atoms with van der Waals surface area (Å²) in [6.45, 7) is 0.480. The van der Waals surface area contributed by atoms with E-state index in [2.05, 4.69) is 5.32 Å². The lowest BCUT2D eigenvalue weighted by Crippen LogP contribution is -2.35. The van der Waals surface area contributed by atoms with Gasteiger partial charge in [-0.05, 0) is 25.0 Å². The second-order valence-corrected chi connectivity index (χ2v) is 7.34. The molecular formula is C16H17Cl3N2O2. The van der Waals surface area contributed by atoms with E-state index in [1.807, 2.05) is 4.90 Å². The van der Waals surface area contributed by atoms with Crippen LogP contribution in [0, 0.1) is 5.92 Å². The van der Waals surface area contributed by atoms with Gasteiger partial charge in [-0.15, -0.1) is 0 Å². The van der Waals surface area contributed by atoms with Gasteiger partial charge in [-0.25, -0.2) is 0 Å². The Bertz CT molecular complexity index is 644. The third-order valence-corrected chi connectivity index (χ3v) is 5.60. The van der Waals surface area contributed by atoms with Gasteiger partial charge in [-0.1, -0.05) is 47.6 Å². The van der Waals surface area contributed by atoms with Gasteiger partial charge < -0.3 is 10.2 Å². The molecular weight excluding hydrogens is 359 g/mol. The molecule has 1 heterocycles. The Morgan fingerprint density at radius 1 is 1.09 bits per heavy atom. The summed E-state index contributed by atoms with van der Waals surface area (Å²) in [4.78, 5) is 26.5. The summed E-state index contributed by atoms with van der Waals surface area (Å²) in [5.41, 5.74) is 0.415. The first kappa shape index (κ1) is 16.9. The summed E-state index contributed by atoms with van der Waals surface area (Å²) in [7, 11) is 0. The molecule has 1 aromatic rings. The van der Waals surface area contributed by atoms with Crippen LogP contribution in [0.2, 0.25) is 15.1 Å². The predicted molar refractivity (Wildman–Crippen MR) is 92.2 cm³/mol. The number of anilines is 1. The molecule has 1 saturated carbocycles. The van der Waals surface area contributed by atoms with Crippen LogP contribution in [0.1, 0.15) is 32.1 Å². The van der Waals surface area contributed by atoms with Crippen molar-refractivity contribution in [2.45, 2.75) is 38.1 Å². The molecule has 2 amide bonds. The summed E-state index contributed by atoms with van der Waals surface area (Å²) in [5, 5.41) is 3.74. The van der Waals surface area contributed by atoms with E-state index >= 15 is 0 Å². The van der Waals surface area contributed by atoms with Gasteiger partial charge in [0.15, 0.2) is 0 Å². The smallest absolute Gasteiger partial charge is 0.229 e. The topological polar surface area (TPSA) is 49.4 Å². The van der Waals surface area contributed by atoms with Crippen molar-refractivity contribution in [1.82, 2.24) is 4.90 Å². The number of nitrogens with one attached hydrogen (secondary N) is 1. The largest absolute Gasteiger partial charge is 0.339 e. The Kier molecular flexibility index (Phi) is 5.04. The van der Waals surface area contributed by atoms with Crippen molar-refractivity contribution in [1.29, 1.82) is 0 Å². The number of hydrogen-bond donors (Lipinski definition) is 1. The van der Waals surface area contributed by atoms with Gasteiger partial charge in [-0.3, -0.25) is 9.59 Å². The van der Waals surface area contributed by atoms with Gasteiger partial charge in [0.2, 0.25) is 11.8 Å². The zero-order chi connectivity index (χ0) is 16.6. The second kappa shape index (κ2) is 6.88. The molecule has 0 radical (unpaired) electrons. The first-order valence-corrected chi connectivity index (χ1v) is 8.84. The number of benzene rings is 1. The van der Waals surface area contributed by atoms with Gasteiger partial charge in [0.05, 0.1) is 26.7 Å². The minimum absolute atomic E-state index is 0.0669. The first-order valence-electron chi connectivity index (χ1n) is 7.70. The first-order chi connectivity index (χ1) is 11.0. The third-order valence-electron chi connectivity index (χ3n) is 4.56. The standard InChI is InChI=1S/C16H17Cl3N2O2/c17-11-6-13(19)14(7-12(11)18)20-16(23)9-5-15(22)21(8-9)10-3-1-2-4-10/h6-7,9-10H,1-5,8H2,(H,20,23)/t9-/m1/s1. The lowest BCUT2D eigenvalue weighted by Gasteiger charge is -2.23. The van der Waals surface area contributed by atoms with Crippen LogP contribution in [0.5, 0.6) is 0 Å². The van der Waals surface area contributed by atoms with E-state index in [0.717, 1.165) is 25.7 Å². The van der Waals surface area contributed by atoms with Gasteiger partial charge in [0.1, 0.15) is 0 Å². The van der Waals surface area contributed by atoms with Crippen molar-refractivity contribution in [2.75, 3.05) is 11.9 Å². The quantitative estimate of drug-likeness (QED) is 0.797. The van der Waals surface area contributed by atoms with Crippen LogP contribution >= 0.6 is 34.8 Å². The number of halogens is 3. The Hall–Kier alpha value is -0.970. The molecule has 1 saturated heterocycles.